The van der Waals surface area contributed by atoms with E-state index in [2.05, 4.69) is 27.0 Å². The highest BCUT2D eigenvalue weighted by molar-refractivity contribution is 5.86. The summed E-state index contributed by atoms with van der Waals surface area (Å²) in [4.78, 5) is 20.1. The van der Waals surface area contributed by atoms with Crippen molar-refractivity contribution in [2.24, 2.45) is 5.92 Å². The summed E-state index contributed by atoms with van der Waals surface area (Å²) < 4.78 is 4.92. The molecule has 0 aromatic heterocycles. The molecule has 0 bridgehead atoms. The van der Waals surface area contributed by atoms with Gasteiger partial charge in [0.25, 0.3) is 0 Å². The van der Waals surface area contributed by atoms with Crippen LogP contribution >= 0.6 is 0 Å². The molecule has 0 unspecified atom stereocenters. The number of carbonyl (C=O) groups is 2. The van der Waals surface area contributed by atoms with Gasteiger partial charge in [-0.1, -0.05) is 27.0 Å². The highest BCUT2D eigenvalue weighted by Crippen LogP contribution is 2.03. The van der Waals surface area contributed by atoms with Crippen LogP contribution < -0.4 is 0 Å². The maximum absolute atomic E-state index is 10.9. The quantitative estimate of drug-likeness (QED) is 0.442. The van der Waals surface area contributed by atoms with Crippen LogP contribution in [0.25, 0.3) is 0 Å². The van der Waals surface area contributed by atoms with Gasteiger partial charge in [0, 0.05) is 11.6 Å². The van der Waals surface area contributed by atoms with Crippen molar-refractivity contribution in [1.29, 1.82) is 0 Å². The minimum atomic E-state index is -0.981. The van der Waals surface area contributed by atoms with Gasteiger partial charge in [-0.05, 0) is 25.7 Å². The molecule has 98 valence electrons. The third kappa shape index (κ3) is 17.1. The minimum Gasteiger partial charge on any atom is -0.478 e. The Morgan fingerprint density at radius 3 is 2.18 bits per heavy atom. The second kappa shape index (κ2) is 10.9. The Morgan fingerprint density at radius 2 is 1.88 bits per heavy atom. The minimum absolute atomic E-state index is 0.279. The van der Waals surface area contributed by atoms with Crippen molar-refractivity contribution in [3.05, 3.63) is 24.8 Å². The first-order valence-electron chi connectivity index (χ1n) is 5.49. The number of carbonyl (C=O) groups excluding carboxylic acids is 1. The zero-order valence-corrected chi connectivity index (χ0v) is 10.9. The van der Waals surface area contributed by atoms with E-state index in [0.717, 1.165) is 18.9 Å². The van der Waals surface area contributed by atoms with E-state index in [1.165, 1.54) is 0 Å². The van der Waals surface area contributed by atoms with E-state index in [9.17, 15) is 9.59 Å². The predicted octanol–water partition coefficient (Wildman–Crippen LogP) is 2.80. The van der Waals surface area contributed by atoms with Crippen LogP contribution in [0.3, 0.4) is 0 Å². The third-order valence-electron chi connectivity index (χ3n) is 1.68. The zero-order valence-electron chi connectivity index (χ0n) is 10.9. The maximum atomic E-state index is 10.9. The number of carboxylic acid groups (broad SMARTS) is 1. The summed E-state index contributed by atoms with van der Waals surface area (Å²) in [5, 5.41) is 7.60. The molecule has 0 aromatic rings. The monoisotopic (exact) mass is 242 g/mol. The van der Waals surface area contributed by atoms with E-state index in [0.29, 0.717) is 18.1 Å². The Labute approximate surface area is 103 Å². The fourth-order valence-corrected chi connectivity index (χ4v) is 0.780. The van der Waals surface area contributed by atoms with Gasteiger partial charge in [-0.3, -0.25) is 0 Å². The van der Waals surface area contributed by atoms with E-state index in [4.69, 9.17) is 9.84 Å². The number of ether oxygens (including phenoxy) is 1. The third-order valence-corrected chi connectivity index (χ3v) is 1.68. The SMILES string of the molecule is C=C(C)C(=O)OCCCC(C)C.C=CC(=O)O. The predicted molar refractivity (Wildman–Crippen MR) is 67.7 cm³/mol. The van der Waals surface area contributed by atoms with E-state index in [-0.39, 0.29) is 5.97 Å². The molecule has 0 radical (unpaired) electrons. The topological polar surface area (TPSA) is 63.6 Å². The van der Waals surface area contributed by atoms with Gasteiger partial charge >= 0.3 is 11.9 Å². The van der Waals surface area contributed by atoms with Crippen LogP contribution in [0.4, 0.5) is 0 Å². The van der Waals surface area contributed by atoms with Crippen LogP contribution in [0.1, 0.15) is 33.6 Å². The molecule has 0 aliphatic carbocycles. The molecular formula is C13H22O4. The molecule has 0 heterocycles. The molecule has 0 saturated carbocycles. The molecule has 4 nitrogen and oxygen atoms in total. The number of hydrogen-bond donors (Lipinski definition) is 1. The summed E-state index contributed by atoms with van der Waals surface area (Å²) in [6.07, 6.45) is 2.88. The average molecular weight is 242 g/mol. The average Bonchev–Trinajstić information content (AvgIpc) is 2.24. The molecular weight excluding hydrogens is 220 g/mol. The lowest BCUT2D eigenvalue weighted by atomic mass is 10.1. The van der Waals surface area contributed by atoms with Crippen molar-refractivity contribution in [2.75, 3.05) is 6.61 Å². The van der Waals surface area contributed by atoms with Gasteiger partial charge < -0.3 is 9.84 Å². The van der Waals surface area contributed by atoms with E-state index >= 15 is 0 Å². The molecule has 0 spiro atoms. The summed E-state index contributed by atoms with van der Waals surface area (Å²) in [5.74, 6) is -0.586. The molecule has 0 aliphatic heterocycles. The highest BCUT2D eigenvalue weighted by atomic mass is 16.5. The van der Waals surface area contributed by atoms with Crippen molar-refractivity contribution in [3.8, 4) is 0 Å². The number of esters is 1. The normalized spacial score (nSPS) is 8.94. The molecule has 0 saturated heterocycles. The van der Waals surface area contributed by atoms with Gasteiger partial charge in [0.15, 0.2) is 0 Å². The van der Waals surface area contributed by atoms with Gasteiger partial charge in [0.2, 0.25) is 0 Å². The number of hydrogen-bond acceptors (Lipinski definition) is 3. The summed E-state index contributed by atoms with van der Waals surface area (Å²) in [6.45, 7) is 12.9. The second-order valence-electron chi connectivity index (χ2n) is 3.99. The summed E-state index contributed by atoms with van der Waals surface area (Å²) >= 11 is 0. The number of rotatable bonds is 6. The standard InChI is InChI=1S/C10H18O2.C3H4O2/c1-8(2)6-5-7-12-10(11)9(3)4;1-2-3(4)5/h8H,3,5-7H2,1-2,4H3;2H,1H2,(H,4,5). The lowest BCUT2D eigenvalue weighted by Gasteiger charge is -2.05. The van der Waals surface area contributed by atoms with Crippen molar-refractivity contribution in [3.63, 3.8) is 0 Å². The van der Waals surface area contributed by atoms with Crippen LogP contribution in [0, 0.1) is 5.92 Å². The Balaban J connectivity index is 0. The van der Waals surface area contributed by atoms with Crippen molar-refractivity contribution in [1.82, 2.24) is 0 Å². The zero-order chi connectivity index (χ0) is 13.8. The van der Waals surface area contributed by atoms with E-state index in [1.54, 1.807) is 6.92 Å². The largest absolute Gasteiger partial charge is 0.478 e. The molecule has 0 aliphatic rings. The van der Waals surface area contributed by atoms with Gasteiger partial charge in [-0.25, -0.2) is 9.59 Å². The lowest BCUT2D eigenvalue weighted by Crippen LogP contribution is -2.06. The first kappa shape index (κ1) is 17.8. The molecule has 1 N–H and O–H groups in total. The van der Waals surface area contributed by atoms with Crippen LogP contribution in [0.5, 0.6) is 0 Å². The van der Waals surface area contributed by atoms with Gasteiger partial charge in [-0.2, -0.15) is 0 Å². The van der Waals surface area contributed by atoms with Gasteiger partial charge in [0.05, 0.1) is 6.61 Å². The van der Waals surface area contributed by atoms with E-state index in [1.807, 2.05) is 0 Å². The Bertz CT molecular complexity index is 267. The molecule has 0 rings (SSSR count). The van der Waals surface area contributed by atoms with Crippen LogP contribution in [0.2, 0.25) is 0 Å². The molecule has 0 atom stereocenters. The van der Waals surface area contributed by atoms with Crippen molar-refractivity contribution < 1.29 is 19.4 Å². The van der Waals surface area contributed by atoms with Gasteiger partial charge in [-0.15, -0.1) is 0 Å². The first-order valence-corrected chi connectivity index (χ1v) is 5.49. The first-order chi connectivity index (χ1) is 7.81. The molecule has 17 heavy (non-hydrogen) atoms. The fourth-order valence-electron chi connectivity index (χ4n) is 0.780. The Kier molecular flexibility index (Phi) is 11.4. The van der Waals surface area contributed by atoms with Crippen LogP contribution in [-0.2, 0) is 14.3 Å². The van der Waals surface area contributed by atoms with Crippen molar-refractivity contribution in [2.45, 2.75) is 33.6 Å². The molecule has 0 amide bonds. The van der Waals surface area contributed by atoms with Crippen molar-refractivity contribution >= 4 is 11.9 Å². The summed E-state index contributed by atoms with van der Waals surface area (Å²) in [6, 6.07) is 0. The molecule has 0 fully saturated rings. The highest BCUT2D eigenvalue weighted by Gasteiger charge is 2.02. The second-order valence-corrected chi connectivity index (χ2v) is 3.99. The molecule has 4 heteroatoms. The Hall–Kier alpha value is -1.58. The maximum Gasteiger partial charge on any atom is 0.333 e. The number of aliphatic carboxylic acids is 1. The molecule has 0 aromatic carbocycles. The lowest BCUT2D eigenvalue weighted by molar-refractivity contribution is -0.139. The summed E-state index contributed by atoms with van der Waals surface area (Å²) in [5.41, 5.74) is 0.472. The Morgan fingerprint density at radius 1 is 1.41 bits per heavy atom. The fraction of sp³-hybridized carbons (Fsp3) is 0.538. The van der Waals surface area contributed by atoms with Gasteiger partial charge in [0.1, 0.15) is 0 Å². The number of carboxylic acids is 1. The van der Waals surface area contributed by atoms with E-state index < -0.39 is 5.97 Å². The smallest absolute Gasteiger partial charge is 0.333 e. The van der Waals surface area contributed by atoms with Crippen LogP contribution in [0.15, 0.2) is 24.8 Å². The summed E-state index contributed by atoms with van der Waals surface area (Å²) in [7, 11) is 0. The van der Waals surface area contributed by atoms with Crippen LogP contribution in [-0.4, -0.2) is 23.7 Å².